The van der Waals surface area contributed by atoms with Crippen LogP contribution in [0.2, 0.25) is 0 Å². The molecule has 0 saturated carbocycles. The highest BCUT2D eigenvalue weighted by atomic mass is 16.3. The molecular formula is C26H17N3O. The molecule has 30 heavy (non-hydrogen) atoms. The van der Waals surface area contributed by atoms with Crippen molar-refractivity contribution in [1.82, 2.24) is 15.0 Å². The lowest BCUT2D eigenvalue weighted by atomic mass is 10.0. The number of nitrogens with zero attached hydrogens (tertiary/aromatic N) is 3. The van der Waals surface area contributed by atoms with Crippen LogP contribution in [0, 0.1) is 6.85 Å². The molecule has 4 heteroatoms. The normalized spacial score (nSPS) is 13.4. The Bertz CT molecular complexity index is 1660. The van der Waals surface area contributed by atoms with E-state index in [4.69, 9.17) is 13.5 Å². The van der Waals surface area contributed by atoms with Gasteiger partial charge in [-0.15, -0.1) is 0 Å². The first kappa shape index (κ1) is 14.0. The summed E-state index contributed by atoms with van der Waals surface area (Å²) < 4.78 is 30.2. The average molecular weight is 390 g/mol. The Hall–Kier alpha value is -4.05. The van der Waals surface area contributed by atoms with E-state index in [9.17, 15) is 0 Å². The van der Waals surface area contributed by atoms with Gasteiger partial charge in [0.2, 0.25) is 5.71 Å². The van der Waals surface area contributed by atoms with Gasteiger partial charge in [-0.25, -0.2) is 9.97 Å². The molecule has 0 aliphatic carbocycles. The zero-order chi connectivity index (χ0) is 22.6. The second-order valence-corrected chi connectivity index (χ2v) is 7.16. The van der Waals surface area contributed by atoms with Gasteiger partial charge >= 0.3 is 0 Å². The van der Waals surface area contributed by atoms with Gasteiger partial charge in [0.05, 0.1) is 16.7 Å². The molecule has 0 fully saturated rings. The van der Waals surface area contributed by atoms with Crippen molar-refractivity contribution in [2.45, 2.75) is 6.85 Å². The van der Waals surface area contributed by atoms with Crippen molar-refractivity contribution in [1.29, 1.82) is 0 Å². The van der Waals surface area contributed by atoms with Crippen LogP contribution in [0.15, 0.2) is 89.5 Å². The van der Waals surface area contributed by atoms with E-state index in [0.717, 1.165) is 27.5 Å². The highest BCUT2D eigenvalue weighted by Gasteiger charge is 2.13. The summed E-state index contributed by atoms with van der Waals surface area (Å²) in [6.07, 6.45) is 1.64. The molecule has 0 aliphatic rings. The lowest BCUT2D eigenvalue weighted by Crippen LogP contribution is -1.89. The molecular weight excluding hydrogens is 370 g/mol. The first-order valence-corrected chi connectivity index (χ1v) is 9.63. The molecule has 0 atom stereocenters. The third-order valence-electron chi connectivity index (χ3n) is 5.26. The first-order chi connectivity index (χ1) is 16.0. The van der Waals surface area contributed by atoms with Crippen molar-refractivity contribution >= 4 is 33.2 Å². The van der Waals surface area contributed by atoms with Crippen LogP contribution >= 0.6 is 0 Å². The van der Waals surface area contributed by atoms with Crippen molar-refractivity contribution in [2.75, 3.05) is 0 Å². The molecule has 0 radical (unpaired) electrons. The Morgan fingerprint density at radius 1 is 0.800 bits per heavy atom. The minimum Gasteiger partial charge on any atom is -0.436 e. The van der Waals surface area contributed by atoms with Crippen LogP contribution in [-0.2, 0) is 0 Å². The quantitative estimate of drug-likeness (QED) is 0.336. The number of fused-ring (bicyclic) bond motifs is 4. The lowest BCUT2D eigenvalue weighted by Gasteiger charge is -2.08. The molecule has 142 valence electrons. The van der Waals surface area contributed by atoms with Gasteiger partial charge in [0.25, 0.3) is 0 Å². The second-order valence-electron chi connectivity index (χ2n) is 7.16. The van der Waals surface area contributed by atoms with Crippen molar-refractivity contribution in [2.24, 2.45) is 0 Å². The third kappa shape index (κ3) is 2.65. The van der Waals surface area contributed by atoms with E-state index in [0.29, 0.717) is 28.1 Å². The Morgan fingerprint density at radius 2 is 1.60 bits per heavy atom. The topological polar surface area (TPSA) is 51.8 Å². The fraction of sp³-hybridized carbons (Fsp3) is 0.0385. The monoisotopic (exact) mass is 390 g/mol. The second kappa shape index (κ2) is 6.49. The number of aromatic nitrogens is 3. The molecule has 0 unspecified atom stereocenters. The lowest BCUT2D eigenvalue weighted by molar-refractivity contribution is 0.655. The number of hydrogen-bond acceptors (Lipinski definition) is 4. The van der Waals surface area contributed by atoms with Gasteiger partial charge in [-0.05, 0) is 54.4 Å². The van der Waals surface area contributed by atoms with Gasteiger partial charge < -0.3 is 4.42 Å². The molecule has 4 nitrogen and oxygen atoms in total. The fourth-order valence-corrected chi connectivity index (χ4v) is 3.76. The molecule has 0 amide bonds. The van der Waals surface area contributed by atoms with Crippen molar-refractivity contribution in [3.05, 3.63) is 90.6 Å². The van der Waals surface area contributed by atoms with Gasteiger partial charge in [-0.2, -0.15) is 0 Å². The molecule has 0 bridgehead atoms. The van der Waals surface area contributed by atoms with Gasteiger partial charge in [-0.3, -0.25) is 4.98 Å². The largest absolute Gasteiger partial charge is 0.436 e. The Kier molecular flexibility index (Phi) is 3.03. The number of furan rings is 1. The average Bonchev–Trinajstić information content (AvgIpc) is 3.19. The zero-order valence-corrected chi connectivity index (χ0v) is 15.8. The molecule has 6 aromatic rings. The van der Waals surface area contributed by atoms with E-state index in [1.165, 1.54) is 0 Å². The number of benzene rings is 3. The first-order valence-electron chi connectivity index (χ1n) is 11.1. The van der Waals surface area contributed by atoms with Gasteiger partial charge in [0, 0.05) is 26.8 Å². The maximum atomic E-state index is 8.09. The maximum Gasteiger partial charge on any atom is 0.246 e. The summed E-state index contributed by atoms with van der Waals surface area (Å²) >= 11 is 0. The van der Waals surface area contributed by atoms with Gasteiger partial charge in [0.15, 0.2) is 0 Å². The molecule has 3 aromatic heterocycles. The molecule has 6 rings (SSSR count). The van der Waals surface area contributed by atoms with E-state index in [-0.39, 0.29) is 5.56 Å². The Balaban J connectivity index is 1.54. The van der Waals surface area contributed by atoms with Crippen LogP contribution < -0.4 is 0 Å². The molecule has 3 heterocycles. The van der Waals surface area contributed by atoms with Crippen LogP contribution in [-0.4, -0.2) is 15.0 Å². The summed E-state index contributed by atoms with van der Waals surface area (Å²) in [7, 11) is 0. The summed E-state index contributed by atoms with van der Waals surface area (Å²) in [4.78, 5) is 13.9. The summed E-state index contributed by atoms with van der Waals surface area (Å²) in [5.41, 5.74) is 6.41. The van der Waals surface area contributed by atoms with Crippen LogP contribution in [0.1, 0.15) is 9.68 Å². The maximum absolute atomic E-state index is 8.09. The predicted octanol–water partition coefficient (Wildman–Crippen LogP) is 6.57. The van der Waals surface area contributed by atoms with Crippen LogP contribution in [0.25, 0.3) is 55.6 Å². The summed E-state index contributed by atoms with van der Waals surface area (Å²) in [6, 6.07) is 24.4. The smallest absolute Gasteiger partial charge is 0.246 e. The van der Waals surface area contributed by atoms with Gasteiger partial charge in [0.1, 0.15) is 11.1 Å². The molecule has 0 aliphatic heterocycles. The van der Waals surface area contributed by atoms with Crippen LogP contribution in [0.3, 0.4) is 0 Å². The number of hydrogen-bond donors (Lipinski definition) is 0. The molecule has 0 spiro atoms. The minimum atomic E-state index is -2.28. The van der Waals surface area contributed by atoms with Crippen molar-refractivity contribution in [3.63, 3.8) is 0 Å². The SMILES string of the molecule is [2H]C([2H])([2H])c1cc(-c2ccc3oc4nc5ccccc5nc4c3c2)ncc1-c1ccccc1. The van der Waals surface area contributed by atoms with E-state index < -0.39 is 6.85 Å². The standard InChI is InChI=1S/C26H17N3O/c1-16-13-23(27-15-20(16)17-7-3-2-4-8-17)18-11-12-24-19(14-18)25-26(30-24)29-22-10-6-5-9-21(22)28-25/h2-15H,1H3/i1D3. The van der Waals surface area contributed by atoms with Gasteiger partial charge in [-0.1, -0.05) is 42.5 Å². The van der Waals surface area contributed by atoms with E-state index >= 15 is 0 Å². The summed E-state index contributed by atoms with van der Waals surface area (Å²) in [5, 5.41) is 0.810. The third-order valence-corrected chi connectivity index (χ3v) is 5.26. The molecule has 0 saturated heterocycles. The Labute approximate surface area is 177 Å². The van der Waals surface area contributed by atoms with E-state index in [1.807, 2.05) is 72.8 Å². The van der Waals surface area contributed by atoms with E-state index in [1.54, 1.807) is 12.3 Å². The highest BCUT2D eigenvalue weighted by molar-refractivity contribution is 6.04. The summed E-state index contributed by atoms with van der Waals surface area (Å²) in [5.74, 6) is 0. The number of aryl methyl sites for hydroxylation is 1. The molecule has 3 aromatic carbocycles. The minimum absolute atomic E-state index is 0.265. The Morgan fingerprint density at radius 3 is 2.43 bits per heavy atom. The summed E-state index contributed by atoms with van der Waals surface area (Å²) in [6.45, 7) is -2.28. The number of rotatable bonds is 2. The molecule has 0 N–H and O–H groups in total. The zero-order valence-electron chi connectivity index (χ0n) is 18.8. The van der Waals surface area contributed by atoms with Crippen molar-refractivity contribution in [3.8, 4) is 22.4 Å². The van der Waals surface area contributed by atoms with E-state index in [2.05, 4.69) is 9.97 Å². The number of pyridine rings is 1. The predicted molar refractivity (Wildman–Crippen MR) is 120 cm³/mol. The van der Waals surface area contributed by atoms with Crippen LogP contribution in [0.4, 0.5) is 0 Å². The van der Waals surface area contributed by atoms with Crippen LogP contribution in [0.5, 0.6) is 0 Å². The fourth-order valence-electron chi connectivity index (χ4n) is 3.76. The van der Waals surface area contributed by atoms with Crippen molar-refractivity contribution < 1.29 is 8.53 Å². The number of para-hydroxylation sites is 2. The highest BCUT2D eigenvalue weighted by Crippen LogP contribution is 2.32.